The highest BCUT2D eigenvalue weighted by Crippen LogP contribution is 2.20. The van der Waals surface area contributed by atoms with Crippen molar-refractivity contribution in [1.29, 1.82) is 0 Å². The van der Waals surface area contributed by atoms with Crippen LogP contribution in [0.4, 0.5) is 5.69 Å². The molecule has 1 saturated heterocycles. The van der Waals surface area contributed by atoms with Crippen molar-refractivity contribution >= 4 is 23.5 Å². The number of esters is 1. The van der Waals surface area contributed by atoms with Crippen LogP contribution in [0.2, 0.25) is 0 Å². The molecule has 1 aromatic carbocycles. The smallest absolute Gasteiger partial charge is 0.316 e. The van der Waals surface area contributed by atoms with E-state index < -0.39 is 11.8 Å². The second kappa shape index (κ2) is 7.81. The molecule has 2 rings (SSSR count). The first-order valence-corrected chi connectivity index (χ1v) is 7.96. The summed E-state index contributed by atoms with van der Waals surface area (Å²) in [6, 6.07) is 6.00. The molecule has 1 aromatic rings. The summed E-state index contributed by atoms with van der Waals surface area (Å²) in [5.41, 5.74) is 0.505. The molecular weight excluding hydrogens is 312 g/mol. The highest BCUT2D eigenvalue weighted by Gasteiger charge is 2.33. The van der Waals surface area contributed by atoms with Gasteiger partial charge >= 0.3 is 17.8 Å². The van der Waals surface area contributed by atoms with Crippen molar-refractivity contribution in [3.05, 3.63) is 24.3 Å². The monoisotopic (exact) mass is 334 g/mol. The van der Waals surface area contributed by atoms with Crippen molar-refractivity contribution in [3.63, 3.8) is 0 Å². The zero-order valence-electron chi connectivity index (χ0n) is 13.9. The van der Waals surface area contributed by atoms with Crippen LogP contribution in [0.5, 0.6) is 5.75 Å². The molecule has 2 amide bonds. The van der Waals surface area contributed by atoms with E-state index in [-0.39, 0.29) is 24.2 Å². The molecule has 0 spiro atoms. The van der Waals surface area contributed by atoms with Crippen LogP contribution < -0.4 is 4.90 Å². The standard InChI is InChI=1S/C17H22N2O5/c1-3-24-17(23)12-5-4-10-19(11-12)16(22)15(21)18(2)13-6-8-14(20)9-7-13/h6-9,12,20H,3-5,10-11H2,1-2H3. The minimum absolute atomic E-state index is 0.0826. The number of anilines is 1. The van der Waals surface area contributed by atoms with E-state index in [0.29, 0.717) is 31.7 Å². The number of ether oxygens (including phenoxy) is 1. The lowest BCUT2D eigenvalue weighted by atomic mass is 9.98. The van der Waals surface area contributed by atoms with Crippen molar-refractivity contribution in [1.82, 2.24) is 4.90 Å². The first kappa shape index (κ1) is 17.8. The molecule has 0 aliphatic carbocycles. The topological polar surface area (TPSA) is 87.2 Å². The summed E-state index contributed by atoms with van der Waals surface area (Å²) in [6.45, 7) is 2.68. The van der Waals surface area contributed by atoms with Crippen LogP contribution in [0, 0.1) is 5.92 Å². The summed E-state index contributed by atoms with van der Waals surface area (Å²) >= 11 is 0. The van der Waals surface area contributed by atoms with Crippen LogP contribution in [0.1, 0.15) is 19.8 Å². The fourth-order valence-corrected chi connectivity index (χ4v) is 2.69. The fourth-order valence-electron chi connectivity index (χ4n) is 2.69. The van der Waals surface area contributed by atoms with Gasteiger partial charge in [0.2, 0.25) is 0 Å². The van der Waals surface area contributed by atoms with Gasteiger partial charge in [0.1, 0.15) is 5.75 Å². The fraction of sp³-hybridized carbons (Fsp3) is 0.471. The normalized spacial score (nSPS) is 17.2. The molecule has 1 unspecified atom stereocenters. The minimum Gasteiger partial charge on any atom is -0.508 e. The summed E-state index contributed by atoms with van der Waals surface area (Å²) in [7, 11) is 1.50. The van der Waals surface area contributed by atoms with Gasteiger partial charge in [-0.3, -0.25) is 14.4 Å². The molecule has 1 aliphatic rings. The Morgan fingerprint density at radius 1 is 1.29 bits per heavy atom. The number of hydrogen-bond acceptors (Lipinski definition) is 5. The number of aromatic hydroxyl groups is 1. The third kappa shape index (κ3) is 4.04. The lowest BCUT2D eigenvalue weighted by molar-refractivity contribution is -0.153. The van der Waals surface area contributed by atoms with Gasteiger partial charge in [0.15, 0.2) is 0 Å². The minimum atomic E-state index is -0.676. The van der Waals surface area contributed by atoms with E-state index in [1.807, 2.05) is 0 Å². The molecule has 24 heavy (non-hydrogen) atoms. The predicted octanol–water partition coefficient (Wildman–Crippen LogP) is 1.16. The van der Waals surface area contributed by atoms with E-state index in [2.05, 4.69) is 0 Å². The Bertz CT molecular complexity index is 614. The van der Waals surface area contributed by atoms with Gasteiger partial charge in [-0.1, -0.05) is 0 Å². The maximum atomic E-state index is 12.4. The summed E-state index contributed by atoms with van der Waals surface area (Å²) in [6.07, 6.45) is 1.32. The van der Waals surface area contributed by atoms with Gasteiger partial charge in [-0.2, -0.15) is 0 Å². The predicted molar refractivity (Wildman–Crippen MR) is 87.5 cm³/mol. The number of carbonyl (C=O) groups excluding carboxylic acids is 3. The van der Waals surface area contributed by atoms with E-state index in [4.69, 9.17) is 4.74 Å². The van der Waals surface area contributed by atoms with Crippen molar-refractivity contribution in [3.8, 4) is 5.75 Å². The number of benzene rings is 1. The molecule has 0 aromatic heterocycles. The SMILES string of the molecule is CCOC(=O)C1CCCN(C(=O)C(=O)N(C)c2ccc(O)cc2)C1. The number of phenolic OH excluding ortho intramolecular Hbond substituents is 1. The zero-order valence-corrected chi connectivity index (χ0v) is 13.9. The van der Waals surface area contributed by atoms with Crippen molar-refractivity contribution < 1.29 is 24.2 Å². The summed E-state index contributed by atoms with van der Waals surface area (Å²) < 4.78 is 5.00. The molecular formula is C17H22N2O5. The van der Waals surface area contributed by atoms with Gasteiger partial charge in [-0.05, 0) is 44.0 Å². The Morgan fingerprint density at radius 3 is 2.58 bits per heavy atom. The molecule has 1 N–H and O–H groups in total. The van der Waals surface area contributed by atoms with E-state index >= 15 is 0 Å². The highest BCUT2D eigenvalue weighted by molar-refractivity contribution is 6.40. The number of phenols is 1. The molecule has 0 radical (unpaired) electrons. The van der Waals surface area contributed by atoms with Gasteiger partial charge in [-0.25, -0.2) is 0 Å². The average molecular weight is 334 g/mol. The molecule has 0 saturated carbocycles. The lowest BCUT2D eigenvalue weighted by Crippen LogP contribution is -2.49. The Kier molecular flexibility index (Phi) is 5.78. The van der Waals surface area contributed by atoms with Crippen LogP contribution in [0.3, 0.4) is 0 Å². The number of hydrogen-bond donors (Lipinski definition) is 1. The lowest BCUT2D eigenvalue weighted by Gasteiger charge is -2.32. The second-order valence-electron chi connectivity index (χ2n) is 5.72. The van der Waals surface area contributed by atoms with E-state index in [0.717, 1.165) is 0 Å². The molecule has 7 heteroatoms. The quantitative estimate of drug-likeness (QED) is 0.662. The summed E-state index contributed by atoms with van der Waals surface area (Å²) in [5, 5.41) is 9.29. The summed E-state index contributed by atoms with van der Waals surface area (Å²) in [4.78, 5) is 39.3. The van der Waals surface area contributed by atoms with Crippen LogP contribution in [-0.2, 0) is 19.1 Å². The maximum Gasteiger partial charge on any atom is 0.316 e. The van der Waals surface area contributed by atoms with Gasteiger partial charge in [0, 0.05) is 25.8 Å². The Balaban J connectivity index is 2.02. The number of likely N-dealkylation sites (N-methyl/N-ethyl adjacent to an activating group) is 1. The number of likely N-dealkylation sites (tertiary alicyclic amines) is 1. The van der Waals surface area contributed by atoms with E-state index in [1.54, 1.807) is 19.1 Å². The van der Waals surface area contributed by atoms with Crippen molar-refractivity contribution in [2.24, 2.45) is 5.92 Å². The number of amides is 2. The van der Waals surface area contributed by atoms with E-state index in [1.165, 1.54) is 29.0 Å². The molecule has 1 heterocycles. The van der Waals surface area contributed by atoms with E-state index in [9.17, 15) is 19.5 Å². The van der Waals surface area contributed by atoms with Crippen molar-refractivity contribution in [2.75, 3.05) is 31.6 Å². The van der Waals surface area contributed by atoms with Crippen molar-refractivity contribution in [2.45, 2.75) is 19.8 Å². The zero-order chi connectivity index (χ0) is 17.7. The first-order chi connectivity index (χ1) is 11.4. The number of piperidine rings is 1. The average Bonchev–Trinajstić information content (AvgIpc) is 2.61. The molecule has 1 aliphatic heterocycles. The second-order valence-corrected chi connectivity index (χ2v) is 5.72. The first-order valence-electron chi connectivity index (χ1n) is 7.96. The number of carbonyl (C=O) groups is 3. The third-order valence-corrected chi connectivity index (χ3v) is 4.05. The summed E-state index contributed by atoms with van der Waals surface area (Å²) in [5.74, 6) is -1.94. The number of nitrogens with zero attached hydrogens (tertiary/aromatic N) is 2. The van der Waals surface area contributed by atoms with Crippen LogP contribution in [0.25, 0.3) is 0 Å². The Morgan fingerprint density at radius 2 is 1.96 bits per heavy atom. The van der Waals surface area contributed by atoms with Crippen LogP contribution >= 0.6 is 0 Å². The maximum absolute atomic E-state index is 12.4. The Labute approximate surface area is 140 Å². The molecule has 0 bridgehead atoms. The number of rotatable bonds is 3. The molecule has 1 fully saturated rings. The van der Waals surface area contributed by atoms with Gasteiger partial charge in [0.25, 0.3) is 0 Å². The van der Waals surface area contributed by atoms with Gasteiger partial charge < -0.3 is 19.6 Å². The largest absolute Gasteiger partial charge is 0.508 e. The Hall–Kier alpha value is -2.57. The van der Waals surface area contributed by atoms with Crippen LogP contribution in [-0.4, -0.2) is 54.5 Å². The third-order valence-electron chi connectivity index (χ3n) is 4.05. The van der Waals surface area contributed by atoms with Gasteiger partial charge in [-0.15, -0.1) is 0 Å². The van der Waals surface area contributed by atoms with Crippen LogP contribution in [0.15, 0.2) is 24.3 Å². The molecule has 130 valence electrons. The molecule has 1 atom stereocenters. The molecule has 7 nitrogen and oxygen atoms in total. The van der Waals surface area contributed by atoms with Gasteiger partial charge in [0.05, 0.1) is 12.5 Å². The highest BCUT2D eigenvalue weighted by atomic mass is 16.5.